The molecule has 4 heterocycles. The highest BCUT2D eigenvalue weighted by Crippen LogP contribution is 2.38. The van der Waals surface area contributed by atoms with Crippen LogP contribution in [-0.4, -0.2) is 68.9 Å². The van der Waals surface area contributed by atoms with Crippen LogP contribution in [0.15, 0.2) is 12.1 Å². The highest BCUT2D eigenvalue weighted by atomic mass is 35.5. The summed E-state index contributed by atoms with van der Waals surface area (Å²) in [6.07, 6.45) is 3.59. The third-order valence-corrected chi connectivity index (χ3v) is 8.44. The molecule has 2 aliphatic heterocycles. The van der Waals surface area contributed by atoms with Crippen LogP contribution in [0.25, 0.3) is 0 Å². The van der Waals surface area contributed by atoms with Crippen molar-refractivity contribution in [2.75, 3.05) is 31.6 Å². The van der Waals surface area contributed by atoms with Gasteiger partial charge in [-0.2, -0.15) is 15.0 Å². The number of hydrogen-bond donors (Lipinski definition) is 2. The number of likely N-dealkylation sites (tertiary alicyclic amines) is 2. The predicted molar refractivity (Wildman–Crippen MR) is 139 cm³/mol. The summed E-state index contributed by atoms with van der Waals surface area (Å²) in [4.78, 5) is 31.4. The first-order valence-electron chi connectivity index (χ1n) is 12.4. The summed E-state index contributed by atoms with van der Waals surface area (Å²) >= 11 is 7.48. The number of thiophene rings is 1. The Morgan fingerprint density at radius 2 is 2.00 bits per heavy atom. The summed E-state index contributed by atoms with van der Waals surface area (Å²) in [7, 11) is 0. The Labute approximate surface area is 220 Å². The van der Waals surface area contributed by atoms with Crippen molar-refractivity contribution in [3.05, 3.63) is 32.6 Å². The van der Waals surface area contributed by atoms with Crippen LogP contribution in [0.2, 0.25) is 4.34 Å². The Kier molecular flexibility index (Phi) is 7.93. The summed E-state index contributed by atoms with van der Waals surface area (Å²) in [6, 6.07) is 5.82. The fourth-order valence-electron chi connectivity index (χ4n) is 4.96. The van der Waals surface area contributed by atoms with Crippen LogP contribution in [0.3, 0.4) is 0 Å². The summed E-state index contributed by atoms with van der Waals surface area (Å²) in [5, 5.41) is 28.0. The number of urea groups is 1. The van der Waals surface area contributed by atoms with Gasteiger partial charge in [-0.05, 0) is 58.6 Å². The largest absolute Gasteiger partial charge is 0.395 e. The molecule has 0 radical (unpaired) electrons. The summed E-state index contributed by atoms with van der Waals surface area (Å²) in [5.74, 6) is -0.297. The molecule has 2 N–H and O–H groups in total. The molecule has 0 aromatic carbocycles. The molecule has 2 aromatic heterocycles. The van der Waals surface area contributed by atoms with Crippen molar-refractivity contribution in [3.8, 4) is 6.07 Å². The van der Waals surface area contributed by atoms with E-state index < -0.39 is 11.3 Å². The van der Waals surface area contributed by atoms with Crippen LogP contribution in [0.4, 0.5) is 10.6 Å². The number of anilines is 1. The van der Waals surface area contributed by atoms with Crippen molar-refractivity contribution in [1.29, 1.82) is 5.26 Å². The molecule has 2 aliphatic rings. The third kappa shape index (κ3) is 5.10. The number of nitrogens with one attached hydrogen (secondary N) is 1. The molecular weight excluding hydrogens is 500 g/mol. The van der Waals surface area contributed by atoms with Crippen LogP contribution >= 0.6 is 22.9 Å². The zero-order valence-electron chi connectivity index (χ0n) is 21.0. The van der Waals surface area contributed by atoms with E-state index in [9.17, 15) is 20.0 Å². The number of aliphatic hydroxyl groups excluding tert-OH is 1. The number of aromatic nitrogens is 2. The van der Waals surface area contributed by atoms with Gasteiger partial charge in [-0.3, -0.25) is 4.79 Å². The molecule has 0 spiro atoms. The van der Waals surface area contributed by atoms with Gasteiger partial charge in [0.15, 0.2) is 5.82 Å². The molecule has 2 unspecified atom stereocenters. The average molecular weight is 533 g/mol. The van der Waals surface area contributed by atoms with Gasteiger partial charge in [0.2, 0.25) is 0 Å². The van der Waals surface area contributed by atoms with Gasteiger partial charge < -0.3 is 20.2 Å². The molecule has 194 valence electrons. The van der Waals surface area contributed by atoms with Crippen molar-refractivity contribution in [2.24, 2.45) is 5.41 Å². The average Bonchev–Trinajstić information content (AvgIpc) is 3.62. The maximum Gasteiger partial charge on any atom is 0.320 e. The number of aliphatic hydroxyl groups is 1. The lowest BCUT2D eigenvalue weighted by atomic mass is 9.86. The molecule has 36 heavy (non-hydrogen) atoms. The topological polar surface area (TPSA) is 114 Å². The highest BCUT2D eigenvalue weighted by Gasteiger charge is 2.40. The molecule has 0 aliphatic carbocycles. The van der Waals surface area contributed by atoms with E-state index in [-0.39, 0.29) is 24.6 Å². The SMILES string of the molecule is CC1C(c2nn(C(=O)C(C)(C)CO)c(NCc3ccc(Cl)s3)c2C#N)CCCN1C(=O)N1CCCC1. The van der Waals surface area contributed by atoms with Gasteiger partial charge >= 0.3 is 6.03 Å². The van der Waals surface area contributed by atoms with E-state index in [1.54, 1.807) is 19.9 Å². The first-order chi connectivity index (χ1) is 17.2. The number of nitrogens with zero attached hydrogens (tertiary/aromatic N) is 5. The Balaban J connectivity index is 1.70. The molecule has 4 rings (SSSR count). The van der Waals surface area contributed by atoms with Gasteiger partial charge in [-0.15, -0.1) is 11.3 Å². The molecule has 2 amide bonds. The smallest absolute Gasteiger partial charge is 0.320 e. The zero-order valence-corrected chi connectivity index (χ0v) is 22.5. The third-order valence-electron chi connectivity index (χ3n) is 7.21. The summed E-state index contributed by atoms with van der Waals surface area (Å²) < 4.78 is 1.88. The molecule has 2 atom stereocenters. The number of amides is 2. The van der Waals surface area contributed by atoms with Gasteiger partial charge in [0.25, 0.3) is 5.91 Å². The lowest BCUT2D eigenvalue weighted by molar-refractivity contribution is 0.0614. The fourth-order valence-corrected chi connectivity index (χ4v) is 5.98. The number of hydrogen-bond acceptors (Lipinski definition) is 7. The van der Waals surface area contributed by atoms with E-state index in [1.807, 2.05) is 22.8 Å². The second-order valence-electron chi connectivity index (χ2n) is 10.2. The second kappa shape index (κ2) is 10.8. The van der Waals surface area contributed by atoms with E-state index in [0.717, 1.165) is 43.6 Å². The van der Waals surface area contributed by atoms with E-state index in [0.29, 0.717) is 34.5 Å². The summed E-state index contributed by atoms with van der Waals surface area (Å²) in [6.45, 7) is 7.50. The quantitative estimate of drug-likeness (QED) is 0.565. The molecule has 0 saturated carbocycles. The Hall–Kier alpha value is -2.61. The maximum atomic E-state index is 13.4. The molecular formula is C25H33ClN6O3S. The molecule has 2 saturated heterocycles. The van der Waals surface area contributed by atoms with Gasteiger partial charge in [0.1, 0.15) is 11.6 Å². The normalized spacial score (nSPS) is 20.4. The molecule has 9 nitrogen and oxygen atoms in total. The Bertz CT molecular complexity index is 1160. The number of nitriles is 1. The minimum Gasteiger partial charge on any atom is -0.395 e. The number of rotatable bonds is 6. The van der Waals surface area contributed by atoms with E-state index in [1.165, 1.54) is 16.0 Å². The predicted octanol–water partition coefficient (Wildman–Crippen LogP) is 4.52. The lowest BCUT2D eigenvalue weighted by Crippen LogP contribution is -2.51. The van der Waals surface area contributed by atoms with Gasteiger partial charge in [0.05, 0.1) is 28.6 Å². The minimum atomic E-state index is -1.09. The lowest BCUT2D eigenvalue weighted by Gasteiger charge is -2.40. The number of halogens is 1. The van der Waals surface area contributed by atoms with Gasteiger partial charge in [-0.25, -0.2) is 4.79 Å². The van der Waals surface area contributed by atoms with Crippen LogP contribution in [0, 0.1) is 16.7 Å². The van der Waals surface area contributed by atoms with Gasteiger partial charge in [-0.1, -0.05) is 11.6 Å². The van der Waals surface area contributed by atoms with Crippen LogP contribution in [-0.2, 0) is 6.54 Å². The number of piperidine rings is 1. The standard InChI is InChI=1S/C25H33ClN6O3S/c1-16-18(7-6-12-31(16)24(35)30-10-4-5-11-30)21-19(13-27)22(28-14-17-8-9-20(26)36-17)32(29-21)23(34)25(2,3)15-33/h8-9,16,18,28,33H,4-7,10-12,14-15H2,1-3H3. The second-order valence-corrected chi connectivity index (χ2v) is 12.0. The molecule has 2 aromatic rings. The van der Waals surface area contributed by atoms with E-state index in [4.69, 9.17) is 11.6 Å². The van der Waals surface area contributed by atoms with E-state index in [2.05, 4.69) is 16.5 Å². The fraction of sp³-hybridized carbons (Fsp3) is 0.600. The maximum absolute atomic E-state index is 13.4. The molecule has 2 fully saturated rings. The van der Waals surface area contributed by atoms with Crippen LogP contribution in [0.1, 0.15) is 73.3 Å². The zero-order chi connectivity index (χ0) is 26.0. The highest BCUT2D eigenvalue weighted by molar-refractivity contribution is 7.16. The number of carbonyl (C=O) groups excluding carboxylic acids is 2. The van der Waals surface area contributed by atoms with Crippen LogP contribution < -0.4 is 5.32 Å². The Morgan fingerprint density at radius 3 is 2.61 bits per heavy atom. The van der Waals surface area contributed by atoms with Crippen molar-refractivity contribution < 1.29 is 14.7 Å². The first-order valence-corrected chi connectivity index (χ1v) is 13.6. The van der Waals surface area contributed by atoms with Crippen LogP contribution in [0.5, 0.6) is 0 Å². The van der Waals surface area contributed by atoms with Crippen molar-refractivity contribution in [3.63, 3.8) is 0 Å². The molecule has 0 bridgehead atoms. The van der Waals surface area contributed by atoms with Gasteiger partial charge in [0, 0.05) is 36.5 Å². The van der Waals surface area contributed by atoms with Crippen molar-refractivity contribution in [1.82, 2.24) is 19.6 Å². The minimum absolute atomic E-state index is 0.0352. The summed E-state index contributed by atoms with van der Waals surface area (Å²) in [5.41, 5.74) is -0.279. The number of carbonyl (C=O) groups is 2. The first kappa shape index (κ1) is 26.5. The van der Waals surface area contributed by atoms with Crippen molar-refractivity contribution >= 4 is 40.7 Å². The van der Waals surface area contributed by atoms with E-state index >= 15 is 0 Å². The molecule has 11 heteroatoms. The van der Waals surface area contributed by atoms with Crippen molar-refractivity contribution in [2.45, 2.75) is 65.0 Å². The Morgan fingerprint density at radius 1 is 1.28 bits per heavy atom. The monoisotopic (exact) mass is 532 g/mol.